The van der Waals surface area contributed by atoms with Gasteiger partial charge in [0.15, 0.2) is 0 Å². The maximum atomic E-state index is 11.9. The maximum Gasteiger partial charge on any atom is 0.230 e. The number of carbonyl (C=O) groups excluding carboxylic acids is 1. The first-order valence-electron chi connectivity index (χ1n) is 10.2. The first kappa shape index (κ1) is 20.7. The van der Waals surface area contributed by atoms with Crippen molar-refractivity contribution in [3.63, 3.8) is 0 Å². The van der Waals surface area contributed by atoms with Gasteiger partial charge >= 0.3 is 0 Å². The van der Waals surface area contributed by atoms with E-state index in [1.165, 1.54) is 37.9 Å². The van der Waals surface area contributed by atoms with Gasteiger partial charge in [-0.3, -0.25) is 9.69 Å². The quantitative estimate of drug-likeness (QED) is 0.477. The number of piperidine rings is 1. The Hall–Kier alpha value is -1.98. The minimum absolute atomic E-state index is 0.0670. The van der Waals surface area contributed by atoms with E-state index in [-0.39, 0.29) is 5.91 Å². The van der Waals surface area contributed by atoms with Crippen molar-refractivity contribution < 1.29 is 9.53 Å². The first-order valence-corrected chi connectivity index (χ1v) is 11.2. The van der Waals surface area contributed by atoms with Gasteiger partial charge < -0.3 is 10.1 Å². The van der Waals surface area contributed by atoms with Crippen LogP contribution >= 0.6 is 11.8 Å². The molecule has 1 aliphatic heterocycles. The van der Waals surface area contributed by atoms with Crippen LogP contribution in [0.15, 0.2) is 59.5 Å². The summed E-state index contributed by atoms with van der Waals surface area (Å²) < 4.78 is 5.87. The number of thioether (sulfide) groups is 1. The molecule has 28 heavy (non-hydrogen) atoms. The number of nitrogens with one attached hydrogen (secondary N) is 1. The van der Waals surface area contributed by atoms with Gasteiger partial charge in [-0.15, -0.1) is 11.8 Å². The van der Waals surface area contributed by atoms with Crippen molar-refractivity contribution in [1.29, 1.82) is 0 Å². The summed E-state index contributed by atoms with van der Waals surface area (Å²) in [5, 5.41) is 2.96. The second-order valence-electron chi connectivity index (χ2n) is 7.14. The van der Waals surface area contributed by atoms with E-state index in [0.29, 0.717) is 18.9 Å². The fraction of sp³-hybridized carbons (Fsp3) is 0.435. The van der Waals surface area contributed by atoms with Gasteiger partial charge in [-0.2, -0.15) is 0 Å². The second-order valence-corrected chi connectivity index (χ2v) is 8.19. The van der Waals surface area contributed by atoms with E-state index in [9.17, 15) is 4.79 Å². The van der Waals surface area contributed by atoms with E-state index in [2.05, 4.69) is 28.4 Å². The number of hydrogen-bond acceptors (Lipinski definition) is 4. The molecule has 3 rings (SSSR count). The summed E-state index contributed by atoms with van der Waals surface area (Å²) in [7, 11) is 0. The molecular formula is C23H30N2O2S. The molecule has 1 heterocycles. The highest BCUT2D eigenvalue weighted by Gasteiger charge is 2.10. The minimum atomic E-state index is 0.0670. The Morgan fingerprint density at radius 3 is 2.68 bits per heavy atom. The monoisotopic (exact) mass is 398 g/mol. The molecule has 0 aromatic heterocycles. The minimum Gasteiger partial charge on any atom is -0.494 e. The summed E-state index contributed by atoms with van der Waals surface area (Å²) in [6.07, 6.45) is 4.79. The molecule has 1 fully saturated rings. The predicted octanol–water partition coefficient (Wildman–Crippen LogP) is 4.35. The van der Waals surface area contributed by atoms with E-state index in [4.69, 9.17) is 4.74 Å². The molecule has 0 saturated carbocycles. The van der Waals surface area contributed by atoms with Crippen LogP contribution in [0, 0.1) is 0 Å². The summed E-state index contributed by atoms with van der Waals surface area (Å²) in [6, 6.07) is 18.4. The van der Waals surface area contributed by atoms with Gasteiger partial charge in [0.05, 0.1) is 12.4 Å². The van der Waals surface area contributed by atoms with Crippen molar-refractivity contribution in [1.82, 2.24) is 10.2 Å². The molecule has 0 unspecified atom stereocenters. The predicted molar refractivity (Wildman–Crippen MR) is 116 cm³/mol. The van der Waals surface area contributed by atoms with Gasteiger partial charge in [-0.1, -0.05) is 36.8 Å². The van der Waals surface area contributed by atoms with Crippen LogP contribution in [0.1, 0.15) is 31.2 Å². The number of rotatable bonds is 10. The highest BCUT2D eigenvalue weighted by molar-refractivity contribution is 8.00. The van der Waals surface area contributed by atoms with Gasteiger partial charge in [0.1, 0.15) is 5.75 Å². The zero-order valence-corrected chi connectivity index (χ0v) is 17.3. The van der Waals surface area contributed by atoms with E-state index < -0.39 is 0 Å². The number of ether oxygens (including phenoxy) is 1. The molecule has 150 valence electrons. The average Bonchev–Trinajstić information content (AvgIpc) is 2.74. The van der Waals surface area contributed by atoms with Crippen LogP contribution < -0.4 is 10.1 Å². The molecule has 0 spiro atoms. The smallest absolute Gasteiger partial charge is 0.230 e. The third-order valence-corrected chi connectivity index (χ3v) is 5.79. The SMILES string of the molecule is O=C(CSc1ccccc1)NCCCOc1cccc(CN2CCCCC2)c1. The third kappa shape index (κ3) is 7.56. The Morgan fingerprint density at radius 2 is 1.86 bits per heavy atom. The van der Waals surface area contributed by atoms with Crippen LogP contribution in [0.4, 0.5) is 0 Å². The number of amides is 1. The summed E-state index contributed by atoms with van der Waals surface area (Å²) in [5.41, 5.74) is 1.31. The zero-order chi connectivity index (χ0) is 19.4. The summed E-state index contributed by atoms with van der Waals surface area (Å²) in [4.78, 5) is 15.5. The van der Waals surface area contributed by atoms with Gasteiger partial charge in [-0.25, -0.2) is 0 Å². The Kier molecular flexibility index (Phi) is 8.72. The molecule has 0 radical (unpaired) electrons. The van der Waals surface area contributed by atoms with Crippen LogP contribution in [-0.4, -0.2) is 42.8 Å². The molecule has 1 saturated heterocycles. The molecule has 4 nitrogen and oxygen atoms in total. The fourth-order valence-electron chi connectivity index (χ4n) is 3.32. The molecule has 5 heteroatoms. The molecule has 0 atom stereocenters. The van der Waals surface area contributed by atoms with Crippen LogP contribution in [0.5, 0.6) is 5.75 Å². The average molecular weight is 399 g/mol. The largest absolute Gasteiger partial charge is 0.494 e. The number of hydrogen-bond donors (Lipinski definition) is 1. The van der Waals surface area contributed by atoms with E-state index in [0.717, 1.165) is 23.6 Å². The first-order chi connectivity index (χ1) is 13.8. The lowest BCUT2D eigenvalue weighted by atomic mass is 10.1. The molecule has 0 aliphatic carbocycles. The number of benzene rings is 2. The van der Waals surface area contributed by atoms with Crippen molar-refractivity contribution in [2.24, 2.45) is 0 Å². The van der Waals surface area contributed by atoms with Crippen molar-refractivity contribution >= 4 is 17.7 Å². The molecule has 2 aromatic rings. The number of carbonyl (C=O) groups is 1. The summed E-state index contributed by atoms with van der Waals surface area (Å²) in [6.45, 7) is 4.66. The van der Waals surface area contributed by atoms with Crippen LogP contribution in [0.25, 0.3) is 0 Å². The van der Waals surface area contributed by atoms with Crippen LogP contribution in [0.2, 0.25) is 0 Å². The second kappa shape index (κ2) is 11.8. The Morgan fingerprint density at radius 1 is 1.04 bits per heavy atom. The van der Waals surface area contributed by atoms with Gasteiger partial charge in [0.25, 0.3) is 0 Å². The maximum absolute atomic E-state index is 11.9. The fourth-order valence-corrected chi connectivity index (χ4v) is 4.07. The Bertz CT molecular complexity index is 718. The van der Waals surface area contributed by atoms with Crippen LogP contribution in [0.3, 0.4) is 0 Å². The summed E-state index contributed by atoms with van der Waals surface area (Å²) in [5.74, 6) is 1.43. The van der Waals surface area contributed by atoms with Gasteiger partial charge in [0, 0.05) is 18.0 Å². The van der Waals surface area contributed by atoms with Crippen molar-refractivity contribution in [3.05, 3.63) is 60.2 Å². The molecule has 1 aliphatic rings. The third-order valence-electron chi connectivity index (χ3n) is 4.78. The standard InChI is InChI=1S/C23H30N2O2S/c26-23(19-28-22-11-3-1-4-12-22)24-13-8-16-27-21-10-7-9-20(17-21)18-25-14-5-2-6-15-25/h1,3-4,7,9-12,17H,2,5-6,8,13-16,18-19H2,(H,24,26). The topological polar surface area (TPSA) is 41.6 Å². The highest BCUT2D eigenvalue weighted by Crippen LogP contribution is 2.18. The highest BCUT2D eigenvalue weighted by atomic mass is 32.2. The van der Waals surface area contributed by atoms with Gasteiger partial charge in [0.2, 0.25) is 5.91 Å². The Balaban J connectivity index is 1.29. The molecule has 1 N–H and O–H groups in total. The van der Waals surface area contributed by atoms with Crippen molar-refractivity contribution in [2.75, 3.05) is 32.0 Å². The van der Waals surface area contributed by atoms with E-state index >= 15 is 0 Å². The van der Waals surface area contributed by atoms with Crippen molar-refractivity contribution in [2.45, 2.75) is 37.1 Å². The lowest BCUT2D eigenvalue weighted by Gasteiger charge is -2.26. The van der Waals surface area contributed by atoms with E-state index in [1.807, 2.05) is 36.4 Å². The molecule has 0 bridgehead atoms. The van der Waals surface area contributed by atoms with Gasteiger partial charge in [-0.05, 0) is 62.2 Å². The lowest BCUT2D eigenvalue weighted by molar-refractivity contribution is -0.118. The van der Waals surface area contributed by atoms with Crippen molar-refractivity contribution in [3.8, 4) is 5.75 Å². The normalized spacial score (nSPS) is 14.6. The lowest BCUT2D eigenvalue weighted by Crippen LogP contribution is -2.29. The summed E-state index contributed by atoms with van der Waals surface area (Å²) >= 11 is 1.56. The molecule has 2 aromatic carbocycles. The molecular weight excluding hydrogens is 368 g/mol. The van der Waals surface area contributed by atoms with E-state index in [1.54, 1.807) is 11.8 Å². The molecule has 1 amide bonds. The number of nitrogens with zero attached hydrogens (tertiary/aromatic N) is 1. The Labute approximate surface area is 172 Å². The van der Waals surface area contributed by atoms with Crippen LogP contribution in [-0.2, 0) is 11.3 Å². The zero-order valence-electron chi connectivity index (χ0n) is 16.4. The number of likely N-dealkylation sites (tertiary alicyclic amines) is 1.